The summed E-state index contributed by atoms with van der Waals surface area (Å²) in [6, 6.07) is 13.3. The van der Waals surface area contributed by atoms with E-state index in [1.807, 2.05) is 42.5 Å². The first-order valence-electron chi connectivity index (χ1n) is 8.07. The number of benzene rings is 2. The zero-order chi connectivity index (χ0) is 17.4. The van der Waals surface area contributed by atoms with Gasteiger partial charge in [0, 0.05) is 13.3 Å². The molecule has 2 aliphatic heterocycles. The van der Waals surface area contributed by atoms with E-state index in [4.69, 9.17) is 14.2 Å². The highest BCUT2D eigenvalue weighted by Gasteiger charge is 2.32. The van der Waals surface area contributed by atoms with Gasteiger partial charge in [0.15, 0.2) is 11.5 Å². The van der Waals surface area contributed by atoms with E-state index < -0.39 is 0 Å². The molecule has 0 saturated heterocycles. The van der Waals surface area contributed by atoms with E-state index in [9.17, 15) is 4.79 Å². The monoisotopic (exact) mass is 338 g/mol. The zero-order valence-electron chi connectivity index (χ0n) is 14.1. The Labute approximate surface area is 145 Å². The van der Waals surface area contributed by atoms with Gasteiger partial charge in [-0.3, -0.25) is 4.79 Å². The highest BCUT2D eigenvalue weighted by molar-refractivity contribution is 6.03. The van der Waals surface area contributed by atoms with Crippen LogP contribution in [-0.4, -0.2) is 30.5 Å². The summed E-state index contributed by atoms with van der Waals surface area (Å²) < 4.78 is 16.0. The minimum Gasteiger partial charge on any atom is -0.497 e. The third-order valence-electron chi connectivity index (χ3n) is 4.44. The molecule has 0 aliphatic carbocycles. The van der Waals surface area contributed by atoms with Crippen molar-refractivity contribution < 1.29 is 19.0 Å². The van der Waals surface area contributed by atoms with Crippen molar-refractivity contribution in [2.45, 2.75) is 19.4 Å². The summed E-state index contributed by atoms with van der Waals surface area (Å²) >= 11 is 0. The van der Waals surface area contributed by atoms with Gasteiger partial charge in [-0.25, -0.2) is 5.01 Å². The van der Waals surface area contributed by atoms with Crippen LogP contribution in [0.3, 0.4) is 0 Å². The number of amides is 1. The molecular weight excluding hydrogens is 320 g/mol. The molecule has 0 radical (unpaired) electrons. The SMILES string of the molecule is COc1ccc(C2=NN(C(C)=O)[C@@H](c3ccc4c(c3)OCO4)C2)cc1. The molecule has 6 heteroatoms. The van der Waals surface area contributed by atoms with Crippen molar-refractivity contribution in [1.29, 1.82) is 0 Å². The number of nitrogens with zero attached hydrogens (tertiary/aromatic N) is 2. The van der Waals surface area contributed by atoms with Crippen molar-refractivity contribution in [3.05, 3.63) is 53.6 Å². The van der Waals surface area contributed by atoms with Gasteiger partial charge in [0.2, 0.25) is 12.7 Å². The van der Waals surface area contributed by atoms with Crippen molar-refractivity contribution in [1.82, 2.24) is 5.01 Å². The molecule has 1 amide bonds. The van der Waals surface area contributed by atoms with Crippen LogP contribution in [0.2, 0.25) is 0 Å². The molecule has 0 unspecified atom stereocenters. The largest absolute Gasteiger partial charge is 0.497 e. The number of ether oxygens (including phenoxy) is 3. The molecule has 0 fully saturated rings. The zero-order valence-corrected chi connectivity index (χ0v) is 14.1. The van der Waals surface area contributed by atoms with Gasteiger partial charge in [-0.15, -0.1) is 0 Å². The summed E-state index contributed by atoms with van der Waals surface area (Å²) in [6.07, 6.45) is 0.644. The van der Waals surface area contributed by atoms with Crippen LogP contribution in [-0.2, 0) is 4.79 Å². The van der Waals surface area contributed by atoms with E-state index in [1.54, 1.807) is 7.11 Å². The van der Waals surface area contributed by atoms with Gasteiger partial charge in [-0.2, -0.15) is 5.10 Å². The van der Waals surface area contributed by atoms with Crippen LogP contribution in [0.4, 0.5) is 0 Å². The highest BCUT2D eigenvalue weighted by atomic mass is 16.7. The van der Waals surface area contributed by atoms with Crippen molar-refractivity contribution in [2.24, 2.45) is 5.10 Å². The van der Waals surface area contributed by atoms with E-state index in [2.05, 4.69) is 5.10 Å². The lowest BCUT2D eigenvalue weighted by Gasteiger charge is -2.20. The number of carbonyl (C=O) groups excluding carboxylic acids is 1. The summed E-state index contributed by atoms with van der Waals surface area (Å²) in [7, 11) is 1.63. The van der Waals surface area contributed by atoms with E-state index in [1.165, 1.54) is 11.9 Å². The lowest BCUT2D eigenvalue weighted by Crippen LogP contribution is -2.24. The van der Waals surface area contributed by atoms with Crippen LogP contribution in [0, 0.1) is 0 Å². The van der Waals surface area contributed by atoms with E-state index in [0.717, 1.165) is 28.3 Å². The number of hydrazone groups is 1. The lowest BCUT2D eigenvalue weighted by atomic mass is 9.98. The minimum atomic E-state index is -0.149. The number of hydrogen-bond acceptors (Lipinski definition) is 5. The standard InChI is InChI=1S/C19H18N2O4/c1-12(22)21-17(14-5-8-18-19(9-14)25-11-24-18)10-16(20-21)13-3-6-15(23-2)7-4-13/h3-9,17H,10-11H2,1-2H3/t17-/m1/s1. The fourth-order valence-corrected chi connectivity index (χ4v) is 3.14. The fraction of sp³-hybridized carbons (Fsp3) is 0.263. The normalized spacial score (nSPS) is 18.2. The predicted octanol–water partition coefficient (Wildman–Crippen LogP) is 3.12. The second-order valence-corrected chi connectivity index (χ2v) is 5.97. The van der Waals surface area contributed by atoms with Crippen molar-refractivity contribution in [3.8, 4) is 17.2 Å². The first-order chi connectivity index (χ1) is 12.2. The molecule has 2 aromatic carbocycles. The highest BCUT2D eigenvalue weighted by Crippen LogP contribution is 2.39. The van der Waals surface area contributed by atoms with Gasteiger partial charge in [0.25, 0.3) is 0 Å². The molecule has 4 rings (SSSR count). The Balaban J connectivity index is 1.64. The van der Waals surface area contributed by atoms with Crippen molar-refractivity contribution in [3.63, 3.8) is 0 Å². The van der Waals surface area contributed by atoms with Crippen LogP contribution in [0.15, 0.2) is 47.6 Å². The lowest BCUT2D eigenvalue weighted by molar-refractivity contribution is -0.130. The second-order valence-electron chi connectivity index (χ2n) is 5.97. The molecule has 0 spiro atoms. The molecule has 128 valence electrons. The maximum Gasteiger partial charge on any atom is 0.240 e. The summed E-state index contributed by atoms with van der Waals surface area (Å²) in [6.45, 7) is 1.76. The summed E-state index contributed by atoms with van der Waals surface area (Å²) in [4.78, 5) is 12.1. The molecule has 2 aromatic rings. The molecule has 1 atom stereocenters. The molecule has 25 heavy (non-hydrogen) atoms. The molecule has 2 heterocycles. The van der Waals surface area contributed by atoms with Gasteiger partial charge >= 0.3 is 0 Å². The number of hydrogen-bond donors (Lipinski definition) is 0. The van der Waals surface area contributed by atoms with Crippen LogP contribution >= 0.6 is 0 Å². The number of fused-ring (bicyclic) bond motifs is 1. The summed E-state index contributed by atoms with van der Waals surface area (Å²) in [5, 5.41) is 6.09. The van der Waals surface area contributed by atoms with Crippen LogP contribution < -0.4 is 14.2 Å². The molecule has 6 nitrogen and oxygen atoms in total. The molecule has 0 bridgehead atoms. The van der Waals surface area contributed by atoms with Gasteiger partial charge in [0.05, 0.1) is 18.9 Å². The molecular formula is C19H18N2O4. The van der Waals surface area contributed by atoms with Gasteiger partial charge in [-0.05, 0) is 47.5 Å². The van der Waals surface area contributed by atoms with Gasteiger partial charge < -0.3 is 14.2 Å². The van der Waals surface area contributed by atoms with Crippen LogP contribution in [0.25, 0.3) is 0 Å². The molecule has 0 N–H and O–H groups in total. The van der Waals surface area contributed by atoms with Crippen molar-refractivity contribution in [2.75, 3.05) is 13.9 Å². The Morgan fingerprint density at radius 3 is 2.64 bits per heavy atom. The third kappa shape index (κ3) is 2.80. The second kappa shape index (κ2) is 6.12. The Hall–Kier alpha value is -3.02. The van der Waals surface area contributed by atoms with E-state index in [0.29, 0.717) is 12.2 Å². The maximum atomic E-state index is 12.1. The Kier molecular flexibility index (Phi) is 3.80. The van der Waals surface area contributed by atoms with E-state index in [-0.39, 0.29) is 18.7 Å². The topological polar surface area (TPSA) is 60.4 Å². The Bertz CT molecular complexity index is 845. The molecule has 2 aliphatic rings. The van der Waals surface area contributed by atoms with Gasteiger partial charge in [0.1, 0.15) is 5.75 Å². The van der Waals surface area contributed by atoms with Gasteiger partial charge in [-0.1, -0.05) is 6.07 Å². The quantitative estimate of drug-likeness (QED) is 0.863. The number of carbonyl (C=O) groups is 1. The first-order valence-corrected chi connectivity index (χ1v) is 8.07. The fourth-order valence-electron chi connectivity index (χ4n) is 3.14. The third-order valence-corrected chi connectivity index (χ3v) is 4.44. The molecule has 0 aromatic heterocycles. The first kappa shape index (κ1) is 15.5. The van der Waals surface area contributed by atoms with E-state index >= 15 is 0 Å². The maximum absolute atomic E-state index is 12.1. The van der Waals surface area contributed by atoms with Crippen LogP contribution in [0.1, 0.15) is 30.5 Å². The smallest absolute Gasteiger partial charge is 0.240 e. The molecule has 0 saturated carbocycles. The number of methoxy groups -OCH3 is 1. The van der Waals surface area contributed by atoms with Crippen LogP contribution in [0.5, 0.6) is 17.2 Å². The summed E-state index contributed by atoms with van der Waals surface area (Å²) in [5.74, 6) is 2.13. The Morgan fingerprint density at radius 1 is 1.16 bits per heavy atom. The average Bonchev–Trinajstić information content (AvgIpc) is 3.28. The Morgan fingerprint density at radius 2 is 1.92 bits per heavy atom. The number of rotatable bonds is 3. The van der Waals surface area contributed by atoms with Crippen molar-refractivity contribution >= 4 is 11.6 Å². The minimum absolute atomic E-state index is 0.0915. The predicted molar refractivity (Wildman–Crippen MR) is 92.0 cm³/mol. The summed E-state index contributed by atoms with van der Waals surface area (Å²) in [5.41, 5.74) is 2.84. The average molecular weight is 338 g/mol.